The molecule has 1 amide bonds. The van der Waals surface area contributed by atoms with Gasteiger partial charge in [-0.05, 0) is 65.2 Å². The van der Waals surface area contributed by atoms with Crippen molar-refractivity contribution in [2.75, 3.05) is 12.4 Å². The molecule has 49 heavy (non-hydrogen) atoms. The fraction of sp³-hybridized carbons (Fsp3) is 0.0976. The van der Waals surface area contributed by atoms with Gasteiger partial charge in [0.15, 0.2) is 4.80 Å². The Bertz CT molecular complexity index is 2590. The van der Waals surface area contributed by atoms with Crippen LogP contribution in [0.3, 0.4) is 0 Å². The molecular formula is C41H32N4O3S. The molecule has 0 fully saturated rings. The molecule has 0 saturated carbocycles. The number of para-hydroxylation sites is 2. The van der Waals surface area contributed by atoms with Crippen molar-refractivity contribution in [2.45, 2.75) is 19.5 Å². The molecule has 1 N–H and O–H groups in total. The molecule has 7 aromatic rings. The van der Waals surface area contributed by atoms with Gasteiger partial charge < -0.3 is 14.6 Å². The summed E-state index contributed by atoms with van der Waals surface area (Å²) in [7, 11) is 1.61. The van der Waals surface area contributed by atoms with E-state index in [-0.39, 0.29) is 11.5 Å². The standard InChI is InChI=1S/C41H32N4O3S/c1-26-37(39(46)43-31-14-4-3-5-15-31)38(28-19-21-32(48-2)22-20-28)45-40(47)36(49-41(45)42-26)23-30-25-44(35-18-9-8-17-34(30)35)24-29-13-10-12-27-11-6-7-16-33(27)29/h3-23,25,38H,24H2,1-2H3,(H,43,46). The number of thiazole rings is 1. The number of hydrogen-bond acceptors (Lipinski definition) is 5. The molecule has 0 radical (unpaired) electrons. The highest BCUT2D eigenvalue weighted by Gasteiger charge is 2.32. The molecule has 8 rings (SSSR count). The maximum atomic E-state index is 14.4. The zero-order chi connectivity index (χ0) is 33.5. The zero-order valence-corrected chi connectivity index (χ0v) is 27.8. The SMILES string of the molecule is COc1ccc(C2C(C(=O)Nc3ccccc3)=C(C)N=c3sc(=Cc4cn(Cc5cccc6ccccc56)c5ccccc45)c(=O)n32)cc1. The molecule has 3 heterocycles. The average molecular weight is 661 g/mol. The van der Waals surface area contributed by atoms with E-state index in [2.05, 4.69) is 70.7 Å². The third-order valence-corrected chi connectivity index (χ3v) is 10.0. The third-order valence-electron chi connectivity index (χ3n) is 9.06. The minimum Gasteiger partial charge on any atom is -0.497 e. The summed E-state index contributed by atoms with van der Waals surface area (Å²) in [4.78, 5) is 33.7. The second-order valence-electron chi connectivity index (χ2n) is 12.0. The Morgan fingerprint density at radius 3 is 2.39 bits per heavy atom. The molecule has 1 aliphatic rings. The topological polar surface area (TPSA) is 77.6 Å². The molecule has 0 spiro atoms. The number of benzene rings is 5. The fourth-order valence-electron chi connectivity index (χ4n) is 6.71. The first-order valence-electron chi connectivity index (χ1n) is 16.1. The number of anilines is 1. The highest BCUT2D eigenvalue weighted by Crippen LogP contribution is 2.32. The number of carbonyl (C=O) groups is 1. The number of carbonyl (C=O) groups excluding carboxylic acids is 1. The number of aromatic nitrogens is 2. The number of fused-ring (bicyclic) bond motifs is 3. The Kier molecular flexibility index (Phi) is 7.78. The molecule has 1 atom stereocenters. The van der Waals surface area contributed by atoms with Crippen molar-refractivity contribution in [1.82, 2.24) is 9.13 Å². The molecule has 0 bridgehead atoms. The Morgan fingerprint density at radius 1 is 0.878 bits per heavy atom. The number of allylic oxidation sites excluding steroid dienone is 1. The maximum Gasteiger partial charge on any atom is 0.271 e. The Balaban J connectivity index is 1.25. The van der Waals surface area contributed by atoms with Crippen molar-refractivity contribution < 1.29 is 9.53 Å². The minimum atomic E-state index is -0.680. The van der Waals surface area contributed by atoms with E-state index in [4.69, 9.17) is 9.73 Å². The Labute approximate surface area is 286 Å². The van der Waals surface area contributed by atoms with Crippen LogP contribution in [0.2, 0.25) is 0 Å². The number of ether oxygens (including phenoxy) is 1. The van der Waals surface area contributed by atoms with Gasteiger partial charge in [0.2, 0.25) is 0 Å². The van der Waals surface area contributed by atoms with Crippen molar-refractivity contribution in [3.05, 3.63) is 175 Å². The van der Waals surface area contributed by atoms with Gasteiger partial charge in [0.1, 0.15) is 5.75 Å². The lowest BCUT2D eigenvalue weighted by Gasteiger charge is -2.25. The molecule has 0 saturated heterocycles. The second kappa shape index (κ2) is 12.6. The van der Waals surface area contributed by atoms with E-state index in [1.54, 1.807) is 11.7 Å². The normalized spacial score (nSPS) is 14.6. The van der Waals surface area contributed by atoms with E-state index in [1.165, 1.54) is 27.7 Å². The molecule has 0 aliphatic carbocycles. The summed E-state index contributed by atoms with van der Waals surface area (Å²) < 4.78 is 9.85. The highest BCUT2D eigenvalue weighted by atomic mass is 32.1. The molecule has 1 aliphatic heterocycles. The number of amides is 1. The van der Waals surface area contributed by atoms with E-state index in [0.717, 1.165) is 22.0 Å². The number of rotatable bonds is 7. The first-order chi connectivity index (χ1) is 24.0. The summed E-state index contributed by atoms with van der Waals surface area (Å²) in [5, 5.41) is 6.49. The van der Waals surface area contributed by atoms with E-state index < -0.39 is 6.04 Å². The van der Waals surface area contributed by atoms with E-state index in [9.17, 15) is 9.59 Å². The van der Waals surface area contributed by atoms with Gasteiger partial charge in [-0.2, -0.15) is 0 Å². The molecule has 7 nitrogen and oxygen atoms in total. The van der Waals surface area contributed by atoms with Crippen molar-refractivity contribution in [3.8, 4) is 5.75 Å². The van der Waals surface area contributed by atoms with Crippen LogP contribution in [0.5, 0.6) is 5.75 Å². The van der Waals surface area contributed by atoms with E-state index in [0.29, 0.717) is 38.6 Å². The predicted octanol–water partition coefficient (Wildman–Crippen LogP) is 7.04. The monoisotopic (exact) mass is 660 g/mol. The summed E-state index contributed by atoms with van der Waals surface area (Å²) in [5.41, 5.74) is 5.48. The van der Waals surface area contributed by atoms with Gasteiger partial charge in [-0.3, -0.25) is 14.2 Å². The quantitative estimate of drug-likeness (QED) is 0.199. The molecule has 5 aromatic carbocycles. The molecule has 240 valence electrons. The van der Waals surface area contributed by atoms with Crippen LogP contribution in [0.25, 0.3) is 27.8 Å². The van der Waals surface area contributed by atoms with Crippen LogP contribution in [0.4, 0.5) is 5.69 Å². The molecule has 1 unspecified atom stereocenters. The fourth-order valence-corrected chi connectivity index (χ4v) is 7.75. The van der Waals surface area contributed by atoms with Crippen LogP contribution in [0.1, 0.15) is 29.7 Å². The smallest absolute Gasteiger partial charge is 0.271 e. The Morgan fingerprint density at radius 2 is 1.59 bits per heavy atom. The van der Waals surface area contributed by atoms with Gasteiger partial charge in [0.25, 0.3) is 11.5 Å². The Hall–Kier alpha value is -5.99. The molecule has 8 heteroatoms. The lowest BCUT2D eigenvalue weighted by molar-refractivity contribution is -0.113. The van der Waals surface area contributed by atoms with Crippen LogP contribution >= 0.6 is 11.3 Å². The van der Waals surface area contributed by atoms with Gasteiger partial charge in [-0.25, -0.2) is 4.99 Å². The lowest BCUT2D eigenvalue weighted by atomic mass is 9.95. The van der Waals surface area contributed by atoms with E-state index in [1.807, 2.05) is 79.7 Å². The van der Waals surface area contributed by atoms with Crippen LogP contribution in [0.15, 0.2) is 149 Å². The summed E-state index contributed by atoms with van der Waals surface area (Å²) in [6.07, 6.45) is 4.08. The van der Waals surface area contributed by atoms with E-state index >= 15 is 0 Å². The van der Waals surface area contributed by atoms with Crippen molar-refractivity contribution in [2.24, 2.45) is 4.99 Å². The maximum absolute atomic E-state index is 14.4. The van der Waals surface area contributed by atoms with Gasteiger partial charge in [-0.1, -0.05) is 102 Å². The number of hydrogen-bond donors (Lipinski definition) is 1. The van der Waals surface area contributed by atoms with Crippen molar-refractivity contribution in [1.29, 1.82) is 0 Å². The first kappa shape index (κ1) is 30.4. The third kappa shape index (κ3) is 5.56. The van der Waals surface area contributed by atoms with Crippen LogP contribution in [0, 0.1) is 0 Å². The van der Waals surface area contributed by atoms with Gasteiger partial charge >= 0.3 is 0 Å². The number of nitrogens with one attached hydrogen (secondary N) is 1. The molecule has 2 aromatic heterocycles. The van der Waals surface area contributed by atoms with Crippen molar-refractivity contribution >= 4 is 50.7 Å². The van der Waals surface area contributed by atoms with Crippen molar-refractivity contribution in [3.63, 3.8) is 0 Å². The number of methoxy groups -OCH3 is 1. The largest absolute Gasteiger partial charge is 0.497 e. The molecular weight excluding hydrogens is 629 g/mol. The lowest BCUT2D eigenvalue weighted by Crippen LogP contribution is -2.40. The minimum absolute atomic E-state index is 0.201. The number of nitrogens with zero attached hydrogens (tertiary/aromatic N) is 3. The second-order valence-corrected chi connectivity index (χ2v) is 13.1. The van der Waals surface area contributed by atoms with Crippen LogP contribution in [-0.4, -0.2) is 22.2 Å². The predicted molar refractivity (Wildman–Crippen MR) is 197 cm³/mol. The van der Waals surface area contributed by atoms with Gasteiger partial charge in [-0.15, -0.1) is 0 Å². The average Bonchev–Trinajstić information content (AvgIpc) is 3.63. The zero-order valence-electron chi connectivity index (χ0n) is 27.0. The highest BCUT2D eigenvalue weighted by molar-refractivity contribution is 7.07. The summed E-state index contributed by atoms with van der Waals surface area (Å²) >= 11 is 1.34. The summed E-state index contributed by atoms with van der Waals surface area (Å²) in [6, 6.07) is 39.2. The van der Waals surface area contributed by atoms with Gasteiger partial charge in [0.05, 0.1) is 29.0 Å². The van der Waals surface area contributed by atoms with Crippen LogP contribution < -0.4 is 24.9 Å². The van der Waals surface area contributed by atoms with Crippen LogP contribution in [-0.2, 0) is 11.3 Å². The summed E-state index contributed by atoms with van der Waals surface area (Å²) in [5.74, 6) is 0.381. The van der Waals surface area contributed by atoms with Gasteiger partial charge in [0, 0.05) is 34.9 Å². The summed E-state index contributed by atoms with van der Waals surface area (Å²) in [6.45, 7) is 2.52. The first-order valence-corrected chi connectivity index (χ1v) is 16.9.